The van der Waals surface area contributed by atoms with E-state index in [1.165, 1.54) is 51.6 Å². The first-order valence-electron chi connectivity index (χ1n) is 5.68. The zero-order valence-electron chi connectivity index (χ0n) is 8.63. The molecule has 0 aromatic heterocycles. The third kappa shape index (κ3) is 2.04. The summed E-state index contributed by atoms with van der Waals surface area (Å²) in [4.78, 5) is 2.91. The van der Waals surface area contributed by atoms with Gasteiger partial charge in [0.2, 0.25) is 0 Å². The second-order valence-electron chi connectivity index (χ2n) is 4.86. The van der Waals surface area contributed by atoms with E-state index in [4.69, 9.17) is 12.6 Å². The maximum atomic E-state index is 4.88. The van der Waals surface area contributed by atoms with Crippen LogP contribution in [0.4, 0.5) is 0 Å². The van der Waals surface area contributed by atoms with Crippen molar-refractivity contribution in [3.8, 4) is 0 Å². The largest absolute Gasteiger partial charge is 0.289 e. The van der Waals surface area contributed by atoms with Crippen LogP contribution < -0.4 is 0 Å². The smallest absolute Gasteiger partial charge is 0.0640 e. The Kier molecular flexibility index (Phi) is 2.89. The van der Waals surface area contributed by atoms with Gasteiger partial charge in [0.25, 0.3) is 0 Å². The lowest BCUT2D eigenvalue weighted by atomic mass is 9.97. The summed E-state index contributed by atoms with van der Waals surface area (Å²) in [6, 6.07) is 0. The van der Waals surface area contributed by atoms with E-state index in [9.17, 15) is 0 Å². The highest BCUT2D eigenvalue weighted by Crippen LogP contribution is 2.40. The number of rotatable bonds is 1. The molecular formula is C11H21NS. The van der Waals surface area contributed by atoms with E-state index in [1.54, 1.807) is 0 Å². The summed E-state index contributed by atoms with van der Waals surface area (Å²) >= 11 is 4.88. The number of hydrogen-bond donors (Lipinski definition) is 1. The molecule has 0 aromatic carbocycles. The highest BCUT2D eigenvalue weighted by Gasteiger charge is 2.37. The molecule has 0 amide bonds. The molecule has 1 saturated heterocycles. The van der Waals surface area contributed by atoms with Gasteiger partial charge in [-0.25, -0.2) is 0 Å². The van der Waals surface area contributed by atoms with Gasteiger partial charge in [0.15, 0.2) is 0 Å². The van der Waals surface area contributed by atoms with Crippen LogP contribution >= 0.6 is 12.6 Å². The molecule has 2 heteroatoms. The fourth-order valence-corrected chi connectivity index (χ4v) is 3.20. The normalized spacial score (nSPS) is 30.9. The fraction of sp³-hybridized carbons (Fsp3) is 1.00. The van der Waals surface area contributed by atoms with Gasteiger partial charge in [-0.1, -0.05) is 19.8 Å². The van der Waals surface area contributed by atoms with Crippen molar-refractivity contribution in [2.45, 2.75) is 50.3 Å². The maximum absolute atomic E-state index is 4.88. The molecule has 0 unspecified atom stereocenters. The van der Waals surface area contributed by atoms with Crippen molar-refractivity contribution in [1.82, 2.24) is 4.90 Å². The average molecular weight is 199 g/mol. The van der Waals surface area contributed by atoms with Crippen molar-refractivity contribution >= 4 is 12.6 Å². The summed E-state index contributed by atoms with van der Waals surface area (Å²) in [6.45, 7) is 4.94. The molecule has 0 N–H and O–H groups in total. The monoisotopic (exact) mass is 199 g/mol. The first-order valence-corrected chi connectivity index (χ1v) is 6.13. The third-order valence-corrected chi connectivity index (χ3v) is 4.51. The van der Waals surface area contributed by atoms with Crippen molar-refractivity contribution in [1.29, 1.82) is 0 Å². The van der Waals surface area contributed by atoms with E-state index in [-0.39, 0.29) is 4.87 Å². The fourth-order valence-electron chi connectivity index (χ4n) is 2.68. The molecule has 1 nitrogen and oxygen atoms in total. The minimum absolute atomic E-state index is 0.278. The molecule has 1 saturated carbocycles. The van der Waals surface area contributed by atoms with Gasteiger partial charge in [0, 0.05) is 0 Å². The van der Waals surface area contributed by atoms with Crippen molar-refractivity contribution in [3.05, 3.63) is 0 Å². The van der Waals surface area contributed by atoms with E-state index in [0.29, 0.717) is 0 Å². The predicted octanol–water partition coefficient (Wildman–Crippen LogP) is 2.92. The van der Waals surface area contributed by atoms with Crippen molar-refractivity contribution in [2.75, 3.05) is 13.1 Å². The molecule has 1 heterocycles. The zero-order chi connectivity index (χ0) is 9.31. The number of hydrogen-bond acceptors (Lipinski definition) is 2. The molecular weight excluding hydrogens is 178 g/mol. The molecule has 2 fully saturated rings. The van der Waals surface area contributed by atoms with E-state index in [1.807, 2.05) is 0 Å². The summed E-state index contributed by atoms with van der Waals surface area (Å²) in [7, 11) is 0. The summed E-state index contributed by atoms with van der Waals surface area (Å²) in [5.74, 6) is 0.939. The lowest BCUT2D eigenvalue weighted by Crippen LogP contribution is -2.46. The highest BCUT2D eigenvalue weighted by atomic mass is 32.1. The molecule has 1 aliphatic heterocycles. The predicted molar refractivity (Wildman–Crippen MR) is 60.2 cm³/mol. The average Bonchev–Trinajstić information content (AvgIpc) is 2.54. The lowest BCUT2D eigenvalue weighted by molar-refractivity contribution is 0.120. The second kappa shape index (κ2) is 3.82. The number of piperidine rings is 1. The summed E-state index contributed by atoms with van der Waals surface area (Å²) in [5.41, 5.74) is 0. The summed E-state index contributed by atoms with van der Waals surface area (Å²) < 4.78 is 0. The Hall–Kier alpha value is 0.310. The minimum Gasteiger partial charge on any atom is -0.289 e. The zero-order valence-corrected chi connectivity index (χ0v) is 9.52. The van der Waals surface area contributed by atoms with Gasteiger partial charge < -0.3 is 0 Å². The van der Waals surface area contributed by atoms with Gasteiger partial charge >= 0.3 is 0 Å². The summed E-state index contributed by atoms with van der Waals surface area (Å²) in [5, 5.41) is 0. The van der Waals surface area contributed by atoms with Crippen LogP contribution in [0, 0.1) is 5.92 Å². The SMILES string of the molecule is CC1CCN(C2(S)CCCC2)CC1. The topological polar surface area (TPSA) is 3.24 Å². The van der Waals surface area contributed by atoms with Crippen LogP contribution in [0.3, 0.4) is 0 Å². The van der Waals surface area contributed by atoms with Crippen molar-refractivity contribution in [3.63, 3.8) is 0 Å². The molecule has 76 valence electrons. The van der Waals surface area contributed by atoms with Crippen LogP contribution in [0.25, 0.3) is 0 Å². The van der Waals surface area contributed by atoms with Gasteiger partial charge in [-0.15, -0.1) is 0 Å². The standard InChI is InChI=1S/C11H21NS/c1-10-4-8-12(9-5-10)11(13)6-2-3-7-11/h10,13H,2-9H2,1H3. The molecule has 2 aliphatic rings. The molecule has 1 aliphatic carbocycles. The Morgan fingerprint density at radius 3 is 2.23 bits per heavy atom. The third-order valence-electron chi connectivity index (χ3n) is 3.78. The second-order valence-corrected chi connectivity index (χ2v) is 5.69. The van der Waals surface area contributed by atoms with E-state index in [0.717, 1.165) is 5.92 Å². The van der Waals surface area contributed by atoms with Crippen LogP contribution in [0.5, 0.6) is 0 Å². The Balaban J connectivity index is 1.93. The van der Waals surface area contributed by atoms with Gasteiger partial charge in [-0.2, -0.15) is 12.6 Å². The lowest BCUT2D eigenvalue weighted by Gasteiger charge is -2.41. The van der Waals surface area contributed by atoms with E-state index >= 15 is 0 Å². The number of nitrogens with zero attached hydrogens (tertiary/aromatic N) is 1. The molecule has 0 bridgehead atoms. The Morgan fingerprint density at radius 2 is 1.69 bits per heavy atom. The first kappa shape index (κ1) is 9.85. The number of likely N-dealkylation sites (tertiary alicyclic amines) is 1. The van der Waals surface area contributed by atoms with Gasteiger partial charge in [0.05, 0.1) is 4.87 Å². The molecule has 0 atom stereocenters. The Morgan fingerprint density at radius 1 is 1.15 bits per heavy atom. The summed E-state index contributed by atoms with van der Waals surface area (Å²) in [6.07, 6.45) is 8.14. The molecule has 13 heavy (non-hydrogen) atoms. The maximum Gasteiger partial charge on any atom is 0.0640 e. The van der Waals surface area contributed by atoms with Crippen molar-refractivity contribution < 1.29 is 0 Å². The van der Waals surface area contributed by atoms with E-state index in [2.05, 4.69) is 11.8 Å². The van der Waals surface area contributed by atoms with Crippen LogP contribution in [0.15, 0.2) is 0 Å². The van der Waals surface area contributed by atoms with Gasteiger partial charge in [0.1, 0.15) is 0 Å². The molecule has 0 radical (unpaired) electrons. The van der Waals surface area contributed by atoms with E-state index < -0.39 is 0 Å². The highest BCUT2D eigenvalue weighted by molar-refractivity contribution is 7.81. The van der Waals surface area contributed by atoms with Crippen molar-refractivity contribution in [2.24, 2.45) is 5.92 Å². The van der Waals surface area contributed by atoms with Crippen LogP contribution in [0.2, 0.25) is 0 Å². The van der Waals surface area contributed by atoms with Gasteiger partial charge in [-0.05, 0) is 44.7 Å². The minimum atomic E-state index is 0.278. The van der Waals surface area contributed by atoms with Crippen LogP contribution in [0.1, 0.15) is 45.4 Å². The van der Waals surface area contributed by atoms with Gasteiger partial charge in [-0.3, -0.25) is 4.90 Å². The number of thiol groups is 1. The first-order chi connectivity index (χ1) is 6.21. The Labute approximate surface area is 87.3 Å². The molecule has 2 rings (SSSR count). The Bertz CT molecular complexity index is 167. The van der Waals surface area contributed by atoms with Crippen LogP contribution in [-0.2, 0) is 0 Å². The quantitative estimate of drug-likeness (QED) is 0.636. The molecule has 0 spiro atoms. The molecule has 0 aromatic rings. The van der Waals surface area contributed by atoms with Crippen LogP contribution in [-0.4, -0.2) is 22.9 Å².